The lowest BCUT2D eigenvalue weighted by atomic mass is 10.0. The number of nitrogens with one attached hydrogen (secondary N) is 2. The quantitative estimate of drug-likeness (QED) is 0.171. The lowest BCUT2D eigenvalue weighted by Gasteiger charge is -2.14. The molecule has 4 aromatic rings. The maximum atomic E-state index is 14.2. The predicted octanol–water partition coefficient (Wildman–Crippen LogP) is 4.54. The third-order valence-corrected chi connectivity index (χ3v) is 5.91. The highest BCUT2D eigenvalue weighted by molar-refractivity contribution is 7.11. The molecule has 2 aromatic carbocycles. The molecule has 0 amide bonds. The van der Waals surface area contributed by atoms with Gasteiger partial charge < -0.3 is 25.6 Å². The van der Waals surface area contributed by atoms with E-state index >= 15 is 0 Å². The molecule has 4 rings (SSSR count). The molecular formula is C25H25FN6O3S. The standard InChI is InChI=1S/C25H25FN6O3S/c1-15-30-12-21(36-15)13-34-19-9-17(26)10-20(11-19)35-18-5-3-16(4-6-18)23(27)22-24(28)31-14-32-25(22)29-7-2-8-33/h3-6,9-12,14,27,33H,2,7-8,13H2,1H3,(H3,28,29,31,32). The molecule has 5 N–H and O–H groups in total. The van der Waals surface area contributed by atoms with E-state index in [2.05, 4.69) is 20.3 Å². The summed E-state index contributed by atoms with van der Waals surface area (Å²) in [5, 5.41) is 21.7. The molecule has 9 nitrogen and oxygen atoms in total. The van der Waals surface area contributed by atoms with Crippen LogP contribution in [0.3, 0.4) is 0 Å². The summed E-state index contributed by atoms with van der Waals surface area (Å²) in [5.41, 5.74) is 7.10. The maximum Gasteiger partial charge on any atom is 0.141 e. The Morgan fingerprint density at radius 2 is 1.89 bits per heavy atom. The molecule has 0 spiro atoms. The van der Waals surface area contributed by atoms with E-state index in [1.54, 1.807) is 36.5 Å². The maximum absolute atomic E-state index is 14.2. The summed E-state index contributed by atoms with van der Waals surface area (Å²) in [6, 6.07) is 10.9. The van der Waals surface area contributed by atoms with E-state index in [4.69, 9.17) is 25.7 Å². The third-order valence-electron chi connectivity index (χ3n) is 5.03. The number of ether oxygens (including phenoxy) is 2. The number of aryl methyl sites for hydroxylation is 1. The van der Waals surface area contributed by atoms with Crippen molar-refractivity contribution in [3.63, 3.8) is 0 Å². The molecule has 186 valence electrons. The summed E-state index contributed by atoms with van der Waals surface area (Å²) in [5.74, 6) is 1.19. The van der Waals surface area contributed by atoms with E-state index in [-0.39, 0.29) is 30.5 Å². The molecule has 2 heterocycles. The fraction of sp³-hybridized carbons (Fsp3) is 0.200. The Kier molecular flexibility index (Phi) is 8.03. The van der Waals surface area contributed by atoms with Gasteiger partial charge in [-0.3, -0.25) is 5.41 Å². The van der Waals surface area contributed by atoms with Crippen LogP contribution in [0, 0.1) is 18.2 Å². The number of benzene rings is 2. The number of anilines is 2. The zero-order chi connectivity index (χ0) is 25.5. The number of hydrogen-bond donors (Lipinski definition) is 4. The van der Waals surface area contributed by atoms with Crippen LogP contribution in [0.15, 0.2) is 55.0 Å². The molecule has 0 radical (unpaired) electrons. The summed E-state index contributed by atoms with van der Waals surface area (Å²) in [7, 11) is 0. The smallest absolute Gasteiger partial charge is 0.141 e. The first-order valence-electron chi connectivity index (χ1n) is 11.1. The SMILES string of the molecule is Cc1ncc(COc2cc(F)cc(Oc3ccc(C(=N)c4c(N)ncnc4NCCCO)cc3)c2)s1. The third kappa shape index (κ3) is 6.32. The van der Waals surface area contributed by atoms with E-state index < -0.39 is 5.82 Å². The molecule has 0 saturated heterocycles. The molecule has 0 aliphatic rings. The van der Waals surface area contributed by atoms with E-state index in [0.717, 1.165) is 9.88 Å². The van der Waals surface area contributed by atoms with Gasteiger partial charge >= 0.3 is 0 Å². The summed E-state index contributed by atoms with van der Waals surface area (Å²) >= 11 is 1.52. The Hall–Kier alpha value is -4.09. The fourth-order valence-electron chi connectivity index (χ4n) is 3.34. The van der Waals surface area contributed by atoms with E-state index in [1.807, 2.05) is 6.92 Å². The van der Waals surface area contributed by atoms with Gasteiger partial charge in [-0.05, 0) is 37.6 Å². The van der Waals surface area contributed by atoms with Crippen molar-refractivity contribution in [3.8, 4) is 17.2 Å². The van der Waals surface area contributed by atoms with Gasteiger partial charge in [0.05, 0.1) is 21.2 Å². The zero-order valence-electron chi connectivity index (χ0n) is 19.5. The van der Waals surface area contributed by atoms with Gasteiger partial charge in [-0.15, -0.1) is 11.3 Å². The summed E-state index contributed by atoms with van der Waals surface area (Å²) in [6.07, 6.45) is 3.58. The van der Waals surface area contributed by atoms with Gasteiger partial charge in [0, 0.05) is 43.1 Å². The Morgan fingerprint density at radius 1 is 1.11 bits per heavy atom. The molecular weight excluding hydrogens is 483 g/mol. The topological polar surface area (TPSA) is 139 Å². The highest BCUT2D eigenvalue weighted by Crippen LogP contribution is 2.29. The number of aliphatic hydroxyl groups excluding tert-OH is 1. The highest BCUT2D eigenvalue weighted by Gasteiger charge is 2.16. The molecule has 0 fully saturated rings. The summed E-state index contributed by atoms with van der Waals surface area (Å²) < 4.78 is 25.7. The Labute approximate surface area is 211 Å². The van der Waals surface area contributed by atoms with E-state index in [0.29, 0.717) is 41.4 Å². The van der Waals surface area contributed by atoms with Crippen LogP contribution in [0.25, 0.3) is 0 Å². The average Bonchev–Trinajstić information content (AvgIpc) is 3.28. The van der Waals surface area contributed by atoms with Gasteiger partial charge in [-0.1, -0.05) is 0 Å². The zero-order valence-corrected chi connectivity index (χ0v) is 20.3. The van der Waals surface area contributed by atoms with Crippen LogP contribution in [-0.2, 0) is 6.61 Å². The van der Waals surface area contributed by atoms with Gasteiger partial charge in [0.2, 0.25) is 0 Å². The van der Waals surface area contributed by atoms with Crippen molar-refractivity contribution < 1.29 is 19.0 Å². The molecule has 0 unspecified atom stereocenters. The minimum atomic E-state index is -0.484. The molecule has 0 atom stereocenters. The van der Waals surface area contributed by atoms with Crippen molar-refractivity contribution in [1.82, 2.24) is 15.0 Å². The second-order valence-corrected chi connectivity index (χ2v) is 9.06. The fourth-order valence-corrected chi connectivity index (χ4v) is 4.05. The summed E-state index contributed by atoms with van der Waals surface area (Å²) in [4.78, 5) is 13.3. The Bertz CT molecular complexity index is 1350. The largest absolute Gasteiger partial charge is 0.488 e. The van der Waals surface area contributed by atoms with Gasteiger partial charge in [0.1, 0.15) is 47.6 Å². The van der Waals surface area contributed by atoms with Gasteiger partial charge in [0.25, 0.3) is 0 Å². The first kappa shape index (κ1) is 25.0. The van der Waals surface area contributed by atoms with Crippen LogP contribution in [0.1, 0.15) is 27.4 Å². The lowest BCUT2D eigenvalue weighted by molar-refractivity contribution is 0.292. The number of thiazole rings is 1. The van der Waals surface area contributed by atoms with Crippen LogP contribution in [-0.4, -0.2) is 38.9 Å². The van der Waals surface area contributed by atoms with Crippen molar-refractivity contribution in [1.29, 1.82) is 5.41 Å². The molecule has 0 saturated carbocycles. The second-order valence-electron chi connectivity index (χ2n) is 7.74. The first-order chi connectivity index (χ1) is 17.4. The van der Waals surface area contributed by atoms with Gasteiger partial charge in [0.15, 0.2) is 0 Å². The number of halogens is 1. The van der Waals surface area contributed by atoms with Crippen molar-refractivity contribution in [2.45, 2.75) is 20.0 Å². The number of aliphatic hydroxyl groups is 1. The van der Waals surface area contributed by atoms with Gasteiger partial charge in [-0.2, -0.15) is 0 Å². The number of nitrogens with zero attached hydrogens (tertiary/aromatic N) is 3. The normalized spacial score (nSPS) is 10.8. The summed E-state index contributed by atoms with van der Waals surface area (Å²) in [6.45, 7) is 2.71. The highest BCUT2D eigenvalue weighted by atomic mass is 32.1. The molecule has 2 aromatic heterocycles. The van der Waals surface area contributed by atoms with Crippen LogP contribution in [0.2, 0.25) is 0 Å². The van der Waals surface area contributed by atoms with Crippen LogP contribution >= 0.6 is 11.3 Å². The van der Waals surface area contributed by atoms with E-state index in [1.165, 1.54) is 29.8 Å². The van der Waals surface area contributed by atoms with Crippen molar-refractivity contribution >= 4 is 28.7 Å². The van der Waals surface area contributed by atoms with Crippen molar-refractivity contribution in [2.75, 3.05) is 24.2 Å². The number of rotatable bonds is 11. The number of hydrogen-bond acceptors (Lipinski definition) is 10. The van der Waals surface area contributed by atoms with Crippen LogP contribution in [0.5, 0.6) is 17.2 Å². The average molecular weight is 509 g/mol. The van der Waals surface area contributed by atoms with E-state index in [9.17, 15) is 4.39 Å². The van der Waals surface area contributed by atoms with Crippen molar-refractivity contribution in [3.05, 3.63) is 81.8 Å². The predicted molar refractivity (Wildman–Crippen MR) is 137 cm³/mol. The second kappa shape index (κ2) is 11.6. The number of nitrogens with two attached hydrogens (primary N) is 1. The molecule has 0 aliphatic heterocycles. The molecule has 36 heavy (non-hydrogen) atoms. The van der Waals surface area contributed by atoms with Crippen LogP contribution < -0.4 is 20.5 Å². The Balaban J connectivity index is 1.46. The van der Waals surface area contributed by atoms with Gasteiger partial charge in [-0.25, -0.2) is 19.3 Å². The molecule has 0 aliphatic carbocycles. The molecule has 0 bridgehead atoms. The van der Waals surface area contributed by atoms with Crippen LogP contribution in [0.4, 0.5) is 16.0 Å². The Morgan fingerprint density at radius 3 is 2.61 bits per heavy atom. The number of aromatic nitrogens is 3. The minimum Gasteiger partial charge on any atom is -0.488 e. The number of nitrogen functional groups attached to an aromatic ring is 1. The minimum absolute atomic E-state index is 0.0343. The monoisotopic (exact) mass is 508 g/mol. The molecule has 11 heteroatoms. The lowest BCUT2D eigenvalue weighted by Crippen LogP contribution is -2.15. The van der Waals surface area contributed by atoms with Crippen molar-refractivity contribution in [2.24, 2.45) is 0 Å². The first-order valence-corrected chi connectivity index (χ1v) is 11.9.